The van der Waals surface area contributed by atoms with Gasteiger partial charge in [0.05, 0.1) is 23.5 Å². The molecule has 0 spiro atoms. The number of nitrogens with zero attached hydrogens (tertiary/aromatic N) is 4. The molecule has 0 saturated carbocycles. The van der Waals surface area contributed by atoms with E-state index in [0.29, 0.717) is 31.5 Å². The molecule has 0 radical (unpaired) electrons. The number of para-hydroxylation sites is 2. The fourth-order valence-electron chi connectivity index (χ4n) is 5.71. The maximum atomic E-state index is 13.8. The van der Waals surface area contributed by atoms with Gasteiger partial charge in [-0.05, 0) is 63.4 Å². The Morgan fingerprint density at radius 1 is 1.06 bits per heavy atom. The average Bonchev–Trinajstić information content (AvgIpc) is 3.37. The maximum absolute atomic E-state index is 13.8. The third kappa shape index (κ3) is 5.16. The van der Waals surface area contributed by atoms with Crippen LogP contribution in [-0.2, 0) is 11.3 Å². The molecule has 0 bridgehead atoms. The van der Waals surface area contributed by atoms with Crippen LogP contribution in [-0.4, -0.2) is 59.1 Å². The maximum Gasteiger partial charge on any atom is 0.294 e. The number of carbonyl (C=O) groups is 1. The largest absolute Gasteiger partial charge is 0.354 e. The Morgan fingerprint density at radius 2 is 1.83 bits per heavy atom. The molecule has 36 heavy (non-hydrogen) atoms. The van der Waals surface area contributed by atoms with E-state index in [1.165, 1.54) is 12.0 Å². The fraction of sp³-hybridized carbons (Fsp3) is 0.483. The van der Waals surface area contributed by atoms with E-state index < -0.39 is 0 Å². The van der Waals surface area contributed by atoms with Crippen LogP contribution < -0.4 is 15.8 Å². The van der Waals surface area contributed by atoms with Crippen LogP contribution >= 0.6 is 0 Å². The number of hydrogen-bond acceptors (Lipinski definition) is 5. The summed E-state index contributed by atoms with van der Waals surface area (Å²) in [5.74, 6) is 0.420. The summed E-state index contributed by atoms with van der Waals surface area (Å²) in [6.07, 6.45) is 4.06. The molecule has 2 aliphatic rings. The highest BCUT2D eigenvalue weighted by Crippen LogP contribution is 2.23. The van der Waals surface area contributed by atoms with E-state index in [-0.39, 0.29) is 17.4 Å². The molecule has 2 fully saturated rings. The zero-order chi connectivity index (χ0) is 25.1. The Labute approximate surface area is 213 Å². The molecule has 7 nitrogen and oxygen atoms in total. The SMILES string of the molecule is CCN1CCC[C@@H]1CNC(=O)[C@H]1CCCN(c2nc3ccccc3n(Cc3ccc(C)cc3)c2=O)C1. The van der Waals surface area contributed by atoms with Crippen LogP contribution in [0.2, 0.25) is 0 Å². The highest BCUT2D eigenvalue weighted by Gasteiger charge is 2.30. The van der Waals surface area contributed by atoms with Crippen molar-refractivity contribution in [3.8, 4) is 0 Å². The molecule has 2 atom stereocenters. The van der Waals surface area contributed by atoms with Gasteiger partial charge in [0.1, 0.15) is 0 Å². The molecule has 190 valence electrons. The van der Waals surface area contributed by atoms with Crippen LogP contribution in [0.3, 0.4) is 0 Å². The van der Waals surface area contributed by atoms with E-state index in [4.69, 9.17) is 4.98 Å². The van der Waals surface area contributed by atoms with Crippen molar-refractivity contribution in [3.05, 3.63) is 70.0 Å². The van der Waals surface area contributed by atoms with Crippen LogP contribution in [0.4, 0.5) is 5.82 Å². The molecule has 5 rings (SSSR count). The summed E-state index contributed by atoms with van der Waals surface area (Å²) < 4.78 is 1.82. The number of anilines is 1. The smallest absolute Gasteiger partial charge is 0.294 e. The highest BCUT2D eigenvalue weighted by molar-refractivity contribution is 5.80. The van der Waals surface area contributed by atoms with Gasteiger partial charge in [-0.3, -0.25) is 19.1 Å². The number of hydrogen-bond donors (Lipinski definition) is 1. The summed E-state index contributed by atoms with van der Waals surface area (Å²) in [4.78, 5) is 36.1. The zero-order valence-electron chi connectivity index (χ0n) is 21.4. The summed E-state index contributed by atoms with van der Waals surface area (Å²) in [6, 6.07) is 16.5. The third-order valence-electron chi connectivity index (χ3n) is 7.81. The van der Waals surface area contributed by atoms with E-state index in [2.05, 4.69) is 48.3 Å². The van der Waals surface area contributed by atoms with Gasteiger partial charge < -0.3 is 10.2 Å². The first-order valence-corrected chi connectivity index (χ1v) is 13.4. The molecule has 2 aliphatic heterocycles. The van der Waals surface area contributed by atoms with Crippen molar-refractivity contribution in [1.29, 1.82) is 0 Å². The van der Waals surface area contributed by atoms with Gasteiger partial charge in [-0.25, -0.2) is 4.98 Å². The number of aromatic nitrogens is 2. The Morgan fingerprint density at radius 3 is 2.64 bits per heavy atom. The van der Waals surface area contributed by atoms with Crippen LogP contribution in [0.5, 0.6) is 0 Å². The monoisotopic (exact) mass is 487 g/mol. The van der Waals surface area contributed by atoms with Crippen molar-refractivity contribution < 1.29 is 4.79 Å². The molecule has 0 aliphatic carbocycles. The minimum atomic E-state index is -0.131. The number of carbonyl (C=O) groups excluding carboxylic acids is 1. The van der Waals surface area contributed by atoms with Gasteiger partial charge in [-0.1, -0.05) is 48.9 Å². The van der Waals surface area contributed by atoms with E-state index in [9.17, 15) is 9.59 Å². The molecule has 7 heteroatoms. The second-order valence-corrected chi connectivity index (χ2v) is 10.3. The first kappa shape index (κ1) is 24.5. The van der Waals surface area contributed by atoms with Crippen LogP contribution in [0, 0.1) is 12.8 Å². The Kier molecular flexibility index (Phi) is 7.37. The Balaban J connectivity index is 1.36. The minimum Gasteiger partial charge on any atom is -0.354 e. The number of likely N-dealkylation sites (N-methyl/N-ethyl adjacent to an activating group) is 1. The van der Waals surface area contributed by atoms with Crippen LogP contribution in [0.1, 0.15) is 43.7 Å². The predicted octanol–water partition coefficient (Wildman–Crippen LogP) is 3.57. The van der Waals surface area contributed by atoms with Crippen LogP contribution in [0.25, 0.3) is 11.0 Å². The van der Waals surface area contributed by atoms with E-state index in [1.54, 1.807) is 0 Å². The first-order valence-electron chi connectivity index (χ1n) is 13.4. The quantitative estimate of drug-likeness (QED) is 0.552. The van der Waals surface area contributed by atoms with E-state index in [0.717, 1.165) is 55.5 Å². The molecule has 1 amide bonds. The summed E-state index contributed by atoms with van der Waals surface area (Å²) in [5.41, 5.74) is 3.80. The number of piperidine rings is 1. The molecular formula is C29H37N5O2. The molecule has 1 aromatic heterocycles. The van der Waals surface area contributed by atoms with Crippen molar-refractivity contribution in [2.45, 2.75) is 52.1 Å². The predicted molar refractivity (Wildman–Crippen MR) is 144 cm³/mol. The van der Waals surface area contributed by atoms with Gasteiger partial charge in [0.25, 0.3) is 5.56 Å². The average molecular weight is 488 g/mol. The number of nitrogens with one attached hydrogen (secondary N) is 1. The molecule has 3 heterocycles. The lowest BCUT2D eigenvalue weighted by molar-refractivity contribution is -0.125. The van der Waals surface area contributed by atoms with Crippen molar-refractivity contribution in [2.75, 3.05) is 37.6 Å². The molecule has 2 aromatic carbocycles. The molecule has 0 unspecified atom stereocenters. The summed E-state index contributed by atoms with van der Waals surface area (Å²) >= 11 is 0. The van der Waals surface area contributed by atoms with E-state index >= 15 is 0 Å². The highest BCUT2D eigenvalue weighted by atomic mass is 16.2. The van der Waals surface area contributed by atoms with Gasteiger partial charge in [0, 0.05) is 25.7 Å². The second-order valence-electron chi connectivity index (χ2n) is 10.3. The van der Waals surface area contributed by atoms with E-state index in [1.807, 2.05) is 33.7 Å². The molecule has 3 aromatic rings. The van der Waals surface area contributed by atoms with Crippen molar-refractivity contribution in [3.63, 3.8) is 0 Å². The number of rotatable bonds is 7. The molecular weight excluding hydrogens is 450 g/mol. The van der Waals surface area contributed by atoms with Gasteiger partial charge in [-0.2, -0.15) is 0 Å². The summed E-state index contributed by atoms with van der Waals surface area (Å²) in [5, 5.41) is 3.21. The molecule has 1 N–H and O–H groups in total. The standard InChI is InChI=1S/C29H37N5O2/c1-3-32-16-7-9-24(32)18-30-28(35)23-8-6-17-33(20-23)27-29(36)34(19-22-14-12-21(2)13-15-22)26-11-5-4-10-25(26)31-27/h4-5,10-15,23-24H,3,6-9,16-20H2,1-2H3,(H,30,35)/t23-,24+/m0/s1. The molecule has 2 saturated heterocycles. The summed E-state index contributed by atoms with van der Waals surface area (Å²) in [7, 11) is 0. The number of benzene rings is 2. The Bertz CT molecular complexity index is 1270. The van der Waals surface area contributed by atoms with Gasteiger partial charge in [-0.15, -0.1) is 0 Å². The van der Waals surface area contributed by atoms with Crippen molar-refractivity contribution >= 4 is 22.8 Å². The lowest BCUT2D eigenvalue weighted by Crippen LogP contribution is -2.48. The van der Waals surface area contributed by atoms with Crippen molar-refractivity contribution in [1.82, 2.24) is 19.8 Å². The number of fused-ring (bicyclic) bond motifs is 1. The zero-order valence-corrected chi connectivity index (χ0v) is 21.4. The minimum absolute atomic E-state index is 0.0973. The first-order chi connectivity index (χ1) is 17.5. The number of likely N-dealkylation sites (tertiary alicyclic amines) is 1. The number of amides is 1. The second kappa shape index (κ2) is 10.8. The topological polar surface area (TPSA) is 70.5 Å². The normalized spacial score (nSPS) is 20.7. The lowest BCUT2D eigenvalue weighted by atomic mass is 9.97. The van der Waals surface area contributed by atoms with Gasteiger partial charge >= 0.3 is 0 Å². The van der Waals surface area contributed by atoms with Gasteiger partial charge in [0.15, 0.2) is 5.82 Å². The van der Waals surface area contributed by atoms with Crippen molar-refractivity contribution in [2.24, 2.45) is 5.92 Å². The lowest BCUT2D eigenvalue weighted by Gasteiger charge is -2.33. The fourth-order valence-corrected chi connectivity index (χ4v) is 5.71. The third-order valence-corrected chi connectivity index (χ3v) is 7.81. The summed E-state index contributed by atoms with van der Waals surface area (Å²) in [6.45, 7) is 8.86. The Hall–Kier alpha value is -3.19. The number of aryl methyl sites for hydroxylation is 1. The van der Waals surface area contributed by atoms with Crippen LogP contribution in [0.15, 0.2) is 53.3 Å². The van der Waals surface area contributed by atoms with Gasteiger partial charge in [0.2, 0.25) is 5.91 Å².